The summed E-state index contributed by atoms with van der Waals surface area (Å²) in [5.41, 5.74) is 3.65. The molecule has 4 heteroatoms. The lowest BCUT2D eigenvalue weighted by Gasteiger charge is -2.13. The monoisotopic (exact) mass is 327 g/mol. The van der Waals surface area contributed by atoms with Gasteiger partial charge in [0.15, 0.2) is 5.78 Å². The van der Waals surface area contributed by atoms with E-state index in [4.69, 9.17) is 0 Å². The summed E-state index contributed by atoms with van der Waals surface area (Å²) in [6, 6.07) is 13.5. The third-order valence-electron chi connectivity index (χ3n) is 3.52. The van der Waals surface area contributed by atoms with Crippen molar-refractivity contribution in [1.82, 2.24) is 0 Å². The van der Waals surface area contributed by atoms with E-state index in [9.17, 15) is 9.59 Å². The van der Waals surface area contributed by atoms with Crippen molar-refractivity contribution in [3.05, 3.63) is 59.2 Å². The largest absolute Gasteiger partial charge is 0.326 e. The van der Waals surface area contributed by atoms with Crippen molar-refractivity contribution in [2.24, 2.45) is 0 Å². The Morgan fingerprint density at radius 3 is 2.30 bits per heavy atom. The third kappa shape index (κ3) is 4.70. The van der Waals surface area contributed by atoms with Crippen LogP contribution in [-0.4, -0.2) is 16.9 Å². The minimum atomic E-state index is -0.165. The van der Waals surface area contributed by atoms with E-state index < -0.39 is 0 Å². The molecule has 1 N–H and O–H groups in total. The van der Waals surface area contributed by atoms with Gasteiger partial charge in [0.25, 0.3) is 0 Å². The fourth-order valence-corrected chi connectivity index (χ4v) is 3.23. The molecular weight excluding hydrogens is 306 g/mol. The van der Waals surface area contributed by atoms with Crippen LogP contribution in [0.15, 0.2) is 47.4 Å². The molecule has 0 saturated heterocycles. The Kier molecular flexibility index (Phi) is 5.61. The van der Waals surface area contributed by atoms with Gasteiger partial charge in [-0.15, -0.1) is 11.8 Å². The highest BCUT2D eigenvalue weighted by molar-refractivity contribution is 8.00. The number of aryl methyl sites for hydroxylation is 2. The van der Waals surface area contributed by atoms with Crippen molar-refractivity contribution in [3.63, 3.8) is 0 Å². The van der Waals surface area contributed by atoms with E-state index in [1.807, 2.05) is 63.2 Å². The maximum Gasteiger partial charge on any atom is 0.221 e. The summed E-state index contributed by atoms with van der Waals surface area (Å²) < 4.78 is 0. The van der Waals surface area contributed by atoms with E-state index in [1.165, 1.54) is 18.7 Å². The normalized spacial score (nSPS) is 11.8. The number of carbonyl (C=O) groups is 2. The second-order valence-corrected chi connectivity index (χ2v) is 7.06. The van der Waals surface area contributed by atoms with Crippen LogP contribution in [0.1, 0.15) is 35.3 Å². The Hall–Kier alpha value is -2.07. The number of hydrogen-bond acceptors (Lipinski definition) is 3. The van der Waals surface area contributed by atoms with Gasteiger partial charge < -0.3 is 5.32 Å². The van der Waals surface area contributed by atoms with Gasteiger partial charge in [0.2, 0.25) is 5.91 Å². The summed E-state index contributed by atoms with van der Waals surface area (Å²) in [6.45, 7) is 7.37. The Morgan fingerprint density at radius 2 is 1.70 bits per heavy atom. The zero-order valence-corrected chi connectivity index (χ0v) is 14.7. The number of thioether (sulfide) groups is 1. The maximum absolute atomic E-state index is 12.7. The van der Waals surface area contributed by atoms with E-state index >= 15 is 0 Å². The zero-order valence-electron chi connectivity index (χ0n) is 13.8. The lowest BCUT2D eigenvalue weighted by molar-refractivity contribution is -0.114. The summed E-state index contributed by atoms with van der Waals surface area (Å²) in [5, 5.41) is 2.57. The van der Waals surface area contributed by atoms with Gasteiger partial charge in [-0.25, -0.2) is 0 Å². The molecule has 0 aliphatic carbocycles. The minimum absolute atomic E-state index is 0.0936. The van der Waals surface area contributed by atoms with Crippen molar-refractivity contribution in [2.45, 2.75) is 37.8 Å². The van der Waals surface area contributed by atoms with E-state index in [1.54, 1.807) is 0 Å². The summed E-state index contributed by atoms with van der Waals surface area (Å²) in [7, 11) is 0. The van der Waals surface area contributed by atoms with Gasteiger partial charge in [0.1, 0.15) is 0 Å². The average molecular weight is 327 g/mol. The molecule has 0 aromatic heterocycles. The summed E-state index contributed by atoms with van der Waals surface area (Å²) in [5.74, 6) is 0.0472. The van der Waals surface area contributed by atoms with E-state index in [0.717, 1.165) is 27.3 Å². The first-order chi connectivity index (χ1) is 10.9. The highest BCUT2D eigenvalue weighted by Crippen LogP contribution is 2.27. The first kappa shape index (κ1) is 17.3. The van der Waals surface area contributed by atoms with Crippen molar-refractivity contribution in [2.75, 3.05) is 5.32 Å². The van der Waals surface area contributed by atoms with E-state index in [0.29, 0.717) is 0 Å². The zero-order chi connectivity index (χ0) is 17.0. The lowest BCUT2D eigenvalue weighted by Crippen LogP contribution is -2.15. The molecule has 0 spiro atoms. The van der Waals surface area contributed by atoms with Crippen LogP contribution in [0.5, 0.6) is 0 Å². The van der Waals surface area contributed by atoms with Crippen LogP contribution in [-0.2, 0) is 4.79 Å². The van der Waals surface area contributed by atoms with Gasteiger partial charge in [-0.3, -0.25) is 9.59 Å². The van der Waals surface area contributed by atoms with Gasteiger partial charge >= 0.3 is 0 Å². The number of Topliss-reactive ketones (excluding diaryl/α,β-unsaturated/α-hetero) is 1. The average Bonchev–Trinajstić information content (AvgIpc) is 2.50. The number of benzene rings is 2. The number of amides is 1. The Bertz CT molecular complexity index is 723. The predicted molar refractivity (Wildman–Crippen MR) is 96.3 cm³/mol. The van der Waals surface area contributed by atoms with Crippen LogP contribution in [0.25, 0.3) is 0 Å². The van der Waals surface area contributed by atoms with Gasteiger partial charge in [-0.1, -0.05) is 17.7 Å². The second kappa shape index (κ2) is 7.47. The fraction of sp³-hybridized carbons (Fsp3) is 0.263. The van der Waals surface area contributed by atoms with Gasteiger partial charge in [-0.05, 0) is 56.7 Å². The molecule has 2 rings (SSSR count). The van der Waals surface area contributed by atoms with Gasteiger partial charge in [0, 0.05) is 23.1 Å². The molecule has 0 unspecified atom stereocenters. The van der Waals surface area contributed by atoms with Gasteiger partial charge in [0.05, 0.1) is 5.25 Å². The lowest BCUT2D eigenvalue weighted by atomic mass is 10.0. The highest BCUT2D eigenvalue weighted by Gasteiger charge is 2.18. The molecule has 0 aliphatic rings. The third-order valence-corrected chi connectivity index (χ3v) is 4.63. The summed E-state index contributed by atoms with van der Waals surface area (Å²) >= 11 is 1.53. The molecule has 0 aliphatic heterocycles. The summed E-state index contributed by atoms with van der Waals surface area (Å²) in [6.07, 6.45) is 0. The molecule has 1 amide bonds. The van der Waals surface area contributed by atoms with Crippen LogP contribution < -0.4 is 5.32 Å². The summed E-state index contributed by atoms with van der Waals surface area (Å²) in [4.78, 5) is 24.7. The number of anilines is 1. The van der Waals surface area contributed by atoms with Crippen molar-refractivity contribution in [3.8, 4) is 0 Å². The van der Waals surface area contributed by atoms with Gasteiger partial charge in [-0.2, -0.15) is 0 Å². The molecule has 0 saturated carbocycles. The number of hydrogen-bond donors (Lipinski definition) is 1. The maximum atomic E-state index is 12.7. The number of rotatable bonds is 5. The number of ketones is 1. The van der Waals surface area contributed by atoms with Crippen LogP contribution in [0.3, 0.4) is 0 Å². The molecule has 23 heavy (non-hydrogen) atoms. The number of nitrogens with one attached hydrogen (secondary N) is 1. The molecule has 2 aromatic rings. The van der Waals surface area contributed by atoms with Crippen molar-refractivity contribution < 1.29 is 9.59 Å². The molecule has 3 nitrogen and oxygen atoms in total. The number of carbonyl (C=O) groups excluding carboxylic acids is 2. The molecule has 2 aromatic carbocycles. The molecule has 0 radical (unpaired) electrons. The highest BCUT2D eigenvalue weighted by atomic mass is 32.2. The molecular formula is C19H21NO2S. The molecule has 0 fully saturated rings. The van der Waals surface area contributed by atoms with Crippen molar-refractivity contribution in [1.29, 1.82) is 0 Å². The Morgan fingerprint density at radius 1 is 1.04 bits per heavy atom. The van der Waals surface area contributed by atoms with Crippen LogP contribution in [0.2, 0.25) is 0 Å². The first-order valence-electron chi connectivity index (χ1n) is 7.52. The predicted octanol–water partition coefficient (Wildman–Crippen LogP) is 4.63. The van der Waals surface area contributed by atoms with Crippen LogP contribution in [0, 0.1) is 13.8 Å². The smallest absolute Gasteiger partial charge is 0.221 e. The standard InChI is InChI=1S/C19H21NO2S/c1-12-5-6-13(2)18(11-12)19(22)14(3)23-17-9-7-16(8-10-17)20-15(4)21/h5-11,14H,1-4H3,(H,20,21)/t14-/m1/s1. The van der Waals surface area contributed by atoms with E-state index in [2.05, 4.69) is 5.32 Å². The molecule has 0 bridgehead atoms. The topological polar surface area (TPSA) is 46.2 Å². The molecule has 1 atom stereocenters. The Balaban J connectivity index is 2.09. The minimum Gasteiger partial charge on any atom is -0.326 e. The second-order valence-electron chi connectivity index (χ2n) is 5.65. The fourth-order valence-electron chi connectivity index (χ4n) is 2.30. The Labute approximate surface area is 141 Å². The molecule has 120 valence electrons. The van der Waals surface area contributed by atoms with Crippen LogP contribution >= 0.6 is 11.8 Å². The van der Waals surface area contributed by atoms with E-state index in [-0.39, 0.29) is 16.9 Å². The SMILES string of the molecule is CC(=O)Nc1ccc(S[C@H](C)C(=O)c2cc(C)ccc2C)cc1. The first-order valence-corrected chi connectivity index (χ1v) is 8.40. The molecule has 0 heterocycles. The van der Waals surface area contributed by atoms with Crippen molar-refractivity contribution >= 4 is 29.1 Å². The van der Waals surface area contributed by atoms with Crippen LogP contribution in [0.4, 0.5) is 5.69 Å². The quantitative estimate of drug-likeness (QED) is 0.643.